The van der Waals surface area contributed by atoms with Gasteiger partial charge in [0.1, 0.15) is 0 Å². The van der Waals surface area contributed by atoms with Crippen molar-refractivity contribution < 1.29 is 17.1 Å². The predicted molar refractivity (Wildman–Crippen MR) is 90.4 cm³/mol. The van der Waals surface area contributed by atoms with Crippen LogP contribution in [0.5, 0.6) is 0 Å². The van der Waals surface area contributed by atoms with Crippen molar-refractivity contribution in [1.82, 2.24) is 0 Å². The largest absolute Gasteiger partial charge is 2.00 e. The van der Waals surface area contributed by atoms with Gasteiger partial charge in [-0.25, -0.2) is 24.3 Å². The number of aryl methyl sites for hydroxylation is 1. The number of hydrogen-bond donors (Lipinski definition) is 0. The van der Waals surface area contributed by atoms with Crippen LogP contribution in [0, 0.1) is 0 Å². The van der Waals surface area contributed by atoms with Crippen molar-refractivity contribution in [3.63, 3.8) is 0 Å². The molecule has 0 aliphatic carbocycles. The van der Waals surface area contributed by atoms with E-state index >= 15 is 0 Å². The summed E-state index contributed by atoms with van der Waals surface area (Å²) in [6, 6.07) is 18.8. The van der Waals surface area contributed by atoms with Crippen molar-refractivity contribution in [2.24, 2.45) is 0 Å². The molecule has 0 bridgehead atoms. The van der Waals surface area contributed by atoms with E-state index in [9.17, 15) is 0 Å². The molecule has 0 fully saturated rings. The summed E-state index contributed by atoms with van der Waals surface area (Å²) in [5, 5.41) is 0. The maximum atomic E-state index is 2.28. The van der Waals surface area contributed by atoms with Crippen LogP contribution in [-0.2, 0) is 23.5 Å². The molecule has 0 aliphatic rings. The molecule has 0 saturated carbocycles. The van der Waals surface area contributed by atoms with Crippen LogP contribution >= 0.6 is 0 Å². The van der Waals surface area contributed by atoms with Crippen molar-refractivity contribution in [2.45, 2.75) is 64.7 Å². The third-order valence-corrected chi connectivity index (χ3v) is 3.61. The zero-order valence-corrected chi connectivity index (χ0v) is 14.5. The Bertz CT molecular complexity index is 341. The average Bonchev–Trinajstić information content (AvgIpc) is 3.17. The van der Waals surface area contributed by atoms with Crippen LogP contribution in [0.1, 0.15) is 63.9 Å². The van der Waals surface area contributed by atoms with E-state index in [-0.39, 0.29) is 17.1 Å². The van der Waals surface area contributed by atoms with Gasteiger partial charge in [0.15, 0.2) is 0 Å². The normalized spacial score (nSPS) is 9.57. The van der Waals surface area contributed by atoms with E-state index in [2.05, 4.69) is 31.2 Å². The fraction of sp³-hybridized carbons (Fsp3) is 0.500. The van der Waals surface area contributed by atoms with Crippen molar-refractivity contribution in [3.8, 4) is 0 Å². The Morgan fingerprint density at radius 2 is 1.24 bits per heavy atom. The molecule has 0 aromatic heterocycles. The maximum Gasteiger partial charge on any atom is 2.00 e. The molecule has 0 heterocycles. The molecular weight excluding hydrogens is 296 g/mol. The van der Waals surface area contributed by atoms with Gasteiger partial charge in [-0.05, 0) is 0 Å². The Morgan fingerprint density at radius 1 is 0.714 bits per heavy atom. The molecule has 2 aromatic carbocycles. The Kier molecular flexibility index (Phi) is 15.0. The molecule has 0 N–H and O–H groups in total. The summed E-state index contributed by atoms with van der Waals surface area (Å²) < 4.78 is 0. The fourth-order valence-corrected chi connectivity index (χ4v) is 2.36. The molecule has 2 aromatic rings. The molecule has 0 radical (unpaired) electrons. The number of hydrogen-bond acceptors (Lipinski definition) is 0. The van der Waals surface area contributed by atoms with Gasteiger partial charge in [-0.15, -0.1) is 0 Å². The second kappa shape index (κ2) is 15.6. The van der Waals surface area contributed by atoms with Crippen molar-refractivity contribution >= 4 is 0 Å². The average molecular weight is 326 g/mol. The molecule has 0 nitrogen and oxygen atoms in total. The summed E-state index contributed by atoms with van der Waals surface area (Å²) in [6.07, 6.45) is 12.6. The zero-order valence-electron chi connectivity index (χ0n) is 13.4. The van der Waals surface area contributed by atoms with Crippen LogP contribution in [0.15, 0.2) is 54.6 Å². The van der Waals surface area contributed by atoms with Crippen LogP contribution in [0.3, 0.4) is 0 Å². The molecule has 1 heteroatoms. The summed E-state index contributed by atoms with van der Waals surface area (Å²) >= 11 is 0. The molecule has 0 aliphatic heterocycles. The van der Waals surface area contributed by atoms with Gasteiger partial charge in [0.05, 0.1) is 0 Å². The Morgan fingerprint density at radius 3 is 1.71 bits per heavy atom. The second-order valence-electron chi connectivity index (χ2n) is 5.48. The van der Waals surface area contributed by atoms with E-state index in [0.29, 0.717) is 0 Å². The van der Waals surface area contributed by atoms with Crippen molar-refractivity contribution in [2.75, 3.05) is 0 Å². The first-order valence-corrected chi connectivity index (χ1v) is 8.30. The van der Waals surface area contributed by atoms with E-state index in [1.54, 1.807) is 0 Å². The fourth-order valence-electron chi connectivity index (χ4n) is 2.36. The summed E-state index contributed by atoms with van der Waals surface area (Å²) in [7, 11) is 0. The molecular formula is C20H30Fe. The van der Waals surface area contributed by atoms with E-state index in [1.807, 2.05) is 30.3 Å². The van der Waals surface area contributed by atoms with Gasteiger partial charge in [-0.2, -0.15) is 35.9 Å². The van der Waals surface area contributed by atoms with Gasteiger partial charge in [0.2, 0.25) is 0 Å². The van der Waals surface area contributed by atoms with Gasteiger partial charge >= 0.3 is 17.1 Å². The molecule has 0 spiro atoms. The van der Waals surface area contributed by atoms with Crippen LogP contribution in [-0.4, -0.2) is 0 Å². The van der Waals surface area contributed by atoms with E-state index in [4.69, 9.17) is 0 Å². The van der Waals surface area contributed by atoms with Gasteiger partial charge in [-0.3, -0.25) is 0 Å². The smallest absolute Gasteiger partial charge is 0.214 e. The van der Waals surface area contributed by atoms with Gasteiger partial charge in [0, 0.05) is 0 Å². The summed E-state index contributed by atoms with van der Waals surface area (Å²) in [5.41, 5.74) is 1.51. The minimum absolute atomic E-state index is 0. The van der Waals surface area contributed by atoms with Crippen LogP contribution in [0.25, 0.3) is 0 Å². The zero-order chi connectivity index (χ0) is 14.3. The monoisotopic (exact) mass is 326 g/mol. The first-order valence-electron chi connectivity index (χ1n) is 8.30. The van der Waals surface area contributed by atoms with Crippen molar-refractivity contribution in [1.29, 1.82) is 0 Å². The maximum absolute atomic E-state index is 2.28. The number of unbranched alkanes of at least 4 members (excludes halogenated alkanes) is 7. The topological polar surface area (TPSA) is 0 Å². The molecule has 118 valence electrons. The van der Waals surface area contributed by atoms with Crippen LogP contribution in [0.4, 0.5) is 0 Å². The summed E-state index contributed by atoms with van der Waals surface area (Å²) in [4.78, 5) is 0. The molecule has 0 saturated heterocycles. The molecule has 21 heavy (non-hydrogen) atoms. The summed E-state index contributed by atoms with van der Waals surface area (Å²) in [6.45, 7) is 2.28. The van der Waals surface area contributed by atoms with Crippen LogP contribution < -0.4 is 0 Å². The first-order chi connectivity index (χ1) is 9.93. The van der Waals surface area contributed by atoms with Crippen LogP contribution in [0.2, 0.25) is 0 Å². The third kappa shape index (κ3) is 12.7. The second-order valence-corrected chi connectivity index (χ2v) is 5.48. The standard InChI is InChI=1S/C15H25.C5H5.Fe/c1-2-3-4-5-6-7-8-9-12-15-13-10-11-14-15;1-2-4-5-3-1;/h10-11,13-14H,2-9,12H2,1H3;1-5H;/q2*-1;+2. The molecule has 0 atom stereocenters. The Balaban J connectivity index is 0.000000562. The minimum atomic E-state index is 0. The van der Waals surface area contributed by atoms with Crippen molar-refractivity contribution in [3.05, 3.63) is 60.2 Å². The van der Waals surface area contributed by atoms with Gasteiger partial charge in [0.25, 0.3) is 0 Å². The Hall–Kier alpha value is -0.781. The SMILES string of the molecule is CCCCCCCCCC[c-]1cccc1.[Fe+2].c1cc[cH-]c1. The number of rotatable bonds is 9. The molecule has 0 unspecified atom stereocenters. The molecule has 0 amide bonds. The first kappa shape index (κ1) is 20.2. The third-order valence-electron chi connectivity index (χ3n) is 3.61. The van der Waals surface area contributed by atoms with E-state index < -0.39 is 0 Å². The Labute approximate surface area is 142 Å². The van der Waals surface area contributed by atoms with Gasteiger partial charge in [-0.1, -0.05) is 64.7 Å². The minimum Gasteiger partial charge on any atom is -0.214 e. The quantitative estimate of drug-likeness (QED) is 0.280. The predicted octanol–water partition coefficient (Wildman–Crippen LogP) is 6.49. The van der Waals surface area contributed by atoms with E-state index in [0.717, 1.165) is 0 Å². The van der Waals surface area contributed by atoms with E-state index in [1.165, 1.54) is 63.4 Å². The summed E-state index contributed by atoms with van der Waals surface area (Å²) in [5.74, 6) is 0. The van der Waals surface area contributed by atoms with Gasteiger partial charge < -0.3 is 0 Å². The molecule has 2 rings (SSSR count).